The number of hydrogen-bond acceptors (Lipinski definition) is 3. The van der Waals surface area contributed by atoms with Crippen LogP contribution >= 0.6 is 24.8 Å². The van der Waals surface area contributed by atoms with Gasteiger partial charge in [-0.3, -0.25) is 9.69 Å². The lowest BCUT2D eigenvalue weighted by molar-refractivity contribution is -0.121. The van der Waals surface area contributed by atoms with Crippen molar-refractivity contribution < 1.29 is 4.79 Å². The number of nitrogen functional groups attached to an aromatic ring is 1. The van der Waals surface area contributed by atoms with Crippen LogP contribution in [-0.2, 0) is 24.3 Å². The molecule has 2 aromatic rings. The van der Waals surface area contributed by atoms with Crippen molar-refractivity contribution in [2.45, 2.75) is 64.1 Å². The van der Waals surface area contributed by atoms with Gasteiger partial charge in [0.15, 0.2) is 0 Å². The fraction of sp³-hybridized carbons (Fsp3) is 0.458. The minimum absolute atomic E-state index is 0. The molecule has 0 heterocycles. The Balaban J connectivity index is 0.00000225. The molecule has 0 radical (unpaired) electrons. The van der Waals surface area contributed by atoms with Gasteiger partial charge in [-0.15, -0.1) is 24.8 Å². The zero-order valence-electron chi connectivity index (χ0n) is 17.8. The molecule has 0 aliphatic heterocycles. The molecule has 1 aliphatic rings. The van der Waals surface area contributed by atoms with Gasteiger partial charge in [-0.2, -0.15) is 0 Å². The van der Waals surface area contributed by atoms with E-state index < -0.39 is 0 Å². The van der Waals surface area contributed by atoms with E-state index in [1.54, 1.807) is 0 Å². The molecular weight excluding hydrogens is 417 g/mol. The van der Waals surface area contributed by atoms with E-state index in [0.717, 1.165) is 17.8 Å². The lowest BCUT2D eigenvalue weighted by Gasteiger charge is -2.31. The Bertz CT molecular complexity index is 779. The quantitative estimate of drug-likeness (QED) is 0.547. The number of nitrogens with two attached hydrogens (primary N) is 1. The molecule has 0 spiro atoms. The lowest BCUT2D eigenvalue weighted by Crippen LogP contribution is -2.33. The first-order chi connectivity index (χ1) is 13.6. The lowest BCUT2D eigenvalue weighted by atomic mass is 9.94. The predicted molar refractivity (Wildman–Crippen MR) is 130 cm³/mol. The predicted octanol–water partition coefficient (Wildman–Crippen LogP) is 5.13. The van der Waals surface area contributed by atoms with E-state index in [4.69, 9.17) is 5.73 Å². The number of carbonyl (C=O) groups excluding carboxylic acids is 1. The topological polar surface area (TPSA) is 58.4 Å². The molecule has 166 valence electrons. The molecule has 0 atom stereocenters. The molecule has 0 unspecified atom stereocenters. The Hall–Kier alpha value is -1.75. The summed E-state index contributed by atoms with van der Waals surface area (Å²) >= 11 is 0. The first-order valence-electron chi connectivity index (χ1n) is 10.5. The Labute approximate surface area is 193 Å². The molecule has 1 saturated carbocycles. The van der Waals surface area contributed by atoms with E-state index in [1.807, 2.05) is 24.3 Å². The number of benzene rings is 2. The minimum atomic E-state index is 0. The van der Waals surface area contributed by atoms with Crippen molar-refractivity contribution in [1.29, 1.82) is 0 Å². The zero-order chi connectivity index (χ0) is 19.8. The van der Waals surface area contributed by atoms with Crippen LogP contribution < -0.4 is 11.1 Å². The number of halogens is 2. The first-order valence-corrected chi connectivity index (χ1v) is 10.5. The van der Waals surface area contributed by atoms with Crippen molar-refractivity contribution in [3.8, 4) is 0 Å². The number of rotatable bonds is 8. The molecule has 0 saturated heterocycles. The number of nitrogens with zero attached hydrogens (tertiary/aromatic N) is 1. The van der Waals surface area contributed by atoms with Gasteiger partial charge in [0.2, 0.25) is 5.91 Å². The third kappa shape index (κ3) is 7.82. The smallest absolute Gasteiger partial charge is 0.220 e. The van der Waals surface area contributed by atoms with Gasteiger partial charge >= 0.3 is 0 Å². The monoisotopic (exact) mass is 451 g/mol. The number of aryl methyl sites for hydroxylation is 1. The number of anilines is 1. The standard InChI is InChI=1S/C24H33N3O.2ClH/c1-27(22-12-3-2-4-13-22)18-21-11-6-5-10-20(21)17-26-24(28)16-15-19-9-7-8-14-23(19)25;;/h5-11,14,22H,2-4,12-13,15-18,25H2,1H3,(H,26,28);2*1H. The van der Waals surface area contributed by atoms with Crippen molar-refractivity contribution in [2.75, 3.05) is 12.8 Å². The second-order valence-electron chi connectivity index (χ2n) is 7.95. The highest BCUT2D eigenvalue weighted by molar-refractivity contribution is 5.85. The van der Waals surface area contributed by atoms with Gasteiger partial charge in [-0.25, -0.2) is 0 Å². The Morgan fingerprint density at radius 1 is 0.967 bits per heavy atom. The van der Waals surface area contributed by atoms with Crippen LogP contribution in [-0.4, -0.2) is 23.9 Å². The molecule has 4 nitrogen and oxygen atoms in total. The van der Waals surface area contributed by atoms with Crippen LogP contribution in [0.1, 0.15) is 55.2 Å². The fourth-order valence-electron chi connectivity index (χ4n) is 4.10. The van der Waals surface area contributed by atoms with Gasteiger partial charge < -0.3 is 11.1 Å². The number of amides is 1. The van der Waals surface area contributed by atoms with Gasteiger partial charge in [-0.1, -0.05) is 61.7 Å². The molecule has 3 N–H and O–H groups in total. The van der Waals surface area contributed by atoms with Crippen LogP contribution in [0.4, 0.5) is 5.69 Å². The second-order valence-corrected chi connectivity index (χ2v) is 7.95. The third-order valence-electron chi connectivity index (χ3n) is 5.89. The van der Waals surface area contributed by atoms with Gasteiger partial charge in [0.25, 0.3) is 0 Å². The highest BCUT2D eigenvalue weighted by Gasteiger charge is 2.18. The maximum Gasteiger partial charge on any atom is 0.220 e. The van der Waals surface area contributed by atoms with E-state index in [0.29, 0.717) is 25.4 Å². The minimum Gasteiger partial charge on any atom is -0.399 e. The van der Waals surface area contributed by atoms with Crippen LogP contribution in [0.5, 0.6) is 0 Å². The Morgan fingerprint density at radius 3 is 2.23 bits per heavy atom. The Morgan fingerprint density at radius 2 is 1.57 bits per heavy atom. The number of hydrogen-bond donors (Lipinski definition) is 2. The molecule has 0 bridgehead atoms. The number of carbonyl (C=O) groups is 1. The first kappa shape index (κ1) is 26.3. The average molecular weight is 452 g/mol. The maximum atomic E-state index is 12.3. The molecule has 2 aromatic carbocycles. The van der Waals surface area contributed by atoms with E-state index in [2.05, 4.69) is 41.5 Å². The van der Waals surface area contributed by atoms with Crippen molar-refractivity contribution in [3.63, 3.8) is 0 Å². The second kappa shape index (κ2) is 13.5. The van der Waals surface area contributed by atoms with Gasteiger partial charge in [0, 0.05) is 31.2 Å². The Kier molecular flexibility index (Phi) is 11.9. The van der Waals surface area contributed by atoms with Crippen LogP contribution in [0.2, 0.25) is 0 Å². The van der Waals surface area contributed by atoms with Crippen LogP contribution in [0.3, 0.4) is 0 Å². The summed E-state index contributed by atoms with van der Waals surface area (Å²) in [4.78, 5) is 14.8. The molecular formula is C24H35Cl2N3O. The van der Waals surface area contributed by atoms with Gasteiger partial charge in [-0.05, 0) is 49.1 Å². The highest BCUT2D eigenvalue weighted by Crippen LogP contribution is 2.23. The summed E-state index contributed by atoms with van der Waals surface area (Å²) in [5.41, 5.74) is 10.3. The number of para-hydroxylation sites is 1. The molecule has 6 heteroatoms. The van der Waals surface area contributed by atoms with Crippen molar-refractivity contribution in [2.24, 2.45) is 0 Å². The molecule has 3 rings (SSSR count). The average Bonchev–Trinajstić information content (AvgIpc) is 2.73. The third-order valence-corrected chi connectivity index (χ3v) is 5.89. The van der Waals surface area contributed by atoms with E-state index in [-0.39, 0.29) is 30.7 Å². The van der Waals surface area contributed by atoms with Gasteiger partial charge in [0.1, 0.15) is 0 Å². The molecule has 1 fully saturated rings. The normalized spacial score (nSPS) is 13.9. The van der Waals surface area contributed by atoms with Crippen LogP contribution in [0.15, 0.2) is 48.5 Å². The molecule has 1 amide bonds. The van der Waals surface area contributed by atoms with Crippen LogP contribution in [0, 0.1) is 0 Å². The maximum absolute atomic E-state index is 12.3. The van der Waals surface area contributed by atoms with Crippen molar-refractivity contribution in [1.82, 2.24) is 10.2 Å². The summed E-state index contributed by atoms with van der Waals surface area (Å²) in [7, 11) is 2.23. The van der Waals surface area contributed by atoms with Crippen molar-refractivity contribution >= 4 is 36.4 Å². The number of nitrogens with one attached hydrogen (secondary N) is 1. The summed E-state index contributed by atoms with van der Waals surface area (Å²) in [6.07, 6.45) is 7.80. The largest absolute Gasteiger partial charge is 0.399 e. The highest BCUT2D eigenvalue weighted by atomic mass is 35.5. The SMILES string of the molecule is CN(Cc1ccccc1CNC(=O)CCc1ccccc1N)C1CCCCC1.Cl.Cl. The molecule has 0 aromatic heterocycles. The molecule has 1 aliphatic carbocycles. The summed E-state index contributed by atoms with van der Waals surface area (Å²) in [5.74, 6) is 0.0682. The molecule has 30 heavy (non-hydrogen) atoms. The van der Waals surface area contributed by atoms with E-state index >= 15 is 0 Å². The van der Waals surface area contributed by atoms with Crippen molar-refractivity contribution in [3.05, 3.63) is 65.2 Å². The van der Waals surface area contributed by atoms with Gasteiger partial charge in [0.05, 0.1) is 0 Å². The zero-order valence-corrected chi connectivity index (χ0v) is 19.4. The van der Waals surface area contributed by atoms with E-state index in [9.17, 15) is 4.79 Å². The summed E-state index contributed by atoms with van der Waals surface area (Å²) in [6.45, 7) is 1.52. The summed E-state index contributed by atoms with van der Waals surface area (Å²) in [5, 5.41) is 3.08. The summed E-state index contributed by atoms with van der Waals surface area (Å²) in [6, 6.07) is 16.9. The van der Waals surface area contributed by atoms with Crippen LogP contribution in [0.25, 0.3) is 0 Å². The van der Waals surface area contributed by atoms with E-state index in [1.165, 1.54) is 43.2 Å². The summed E-state index contributed by atoms with van der Waals surface area (Å²) < 4.78 is 0. The fourth-order valence-corrected chi connectivity index (χ4v) is 4.10.